The summed E-state index contributed by atoms with van der Waals surface area (Å²) in [5, 5.41) is 1.35. The summed E-state index contributed by atoms with van der Waals surface area (Å²) in [6, 6.07) is 6.38. The van der Waals surface area contributed by atoms with Crippen molar-refractivity contribution in [1.82, 2.24) is 4.90 Å². The summed E-state index contributed by atoms with van der Waals surface area (Å²) in [4.78, 5) is 5.00. The molecule has 132 valence electrons. The fourth-order valence-electron chi connectivity index (χ4n) is 4.77. The first-order chi connectivity index (χ1) is 11.5. The third-order valence-electron chi connectivity index (χ3n) is 6.19. The molecule has 4 rings (SSSR count). The molecule has 0 unspecified atom stereocenters. The van der Waals surface area contributed by atoms with Crippen LogP contribution in [0, 0.1) is 11.3 Å². The Morgan fingerprint density at radius 1 is 1.04 bits per heavy atom. The maximum atomic E-state index is 6.34. The monoisotopic (exact) mass is 367 g/mol. The second-order valence-corrected chi connectivity index (χ2v) is 8.99. The lowest BCUT2D eigenvalue weighted by molar-refractivity contribution is -0.0252. The highest BCUT2D eigenvalue weighted by Crippen LogP contribution is 2.45. The minimum absolute atomic E-state index is 0.466. The SMILES string of the molecule is NC1CCC(CCN2CC3(C2)CN(c2cccc(Cl)c2Cl)C3)CC1. The van der Waals surface area contributed by atoms with E-state index in [-0.39, 0.29) is 0 Å². The van der Waals surface area contributed by atoms with Crippen LogP contribution < -0.4 is 10.6 Å². The molecule has 1 aliphatic carbocycles. The van der Waals surface area contributed by atoms with E-state index < -0.39 is 0 Å². The molecule has 1 aromatic carbocycles. The van der Waals surface area contributed by atoms with E-state index in [1.807, 2.05) is 12.1 Å². The maximum Gasteiger partial charge on any atom is 0.0825 e. The van der Waals surface area contributed by atoms with Gasteiger partial charge >= 0.3 is 0 Å². The maximum absolute atomic E-state index is 6.34. The van der Waals surface area contributed by atoms with Crippen LogP contribution in [0.25, 0.3) is 0 Å². The summed E-state index contributed by atoms with van der Waals surface area (Å²) >= 11 is 12.5. The molecule has 24 heavy (non-hydrogen) atoms. The molecule has 0 atom stereocenters. The second kappa shape index (κ2) is 6.68. The first-order valence-corrected chi connectivity index (χ1v) is 9.97. The van der Waals surface area contributed by atoms with Crippen LogP contribution in [0.5, 0.6) is 0 Å². The molecule has 0 aromatic heterocycles. The number of hydrogen-bond acceptors (Lipinski definition) is 3. The zero-order chi connectivity index (χ0) is 16.7. The van der Waals surface area contributed by atoms with Gasteiger partial charge in [-0.1, -0.05) is 29.3 Å². The zero-order valence-corrected chi connectivity index (χ0v) is 15.7. The summed E-state index contributed by atoms with van der Waals surface area (Å²) in [5.74, 6) is 0.907. The quantitative estimate of drug-likeness (QED) is 0.871. The first kappa shape index (κ1) is 17.0. The Kier molecular flexibility index (Phi) is 4.72. The molecule has 5 heteroatoms. The number of anilines is 1. The van der Waals surface area contributed by atoms with E-state index in [0.717, 1.165) is 24.7 Å². The van der Waals surface area contributed by atoms with Crippen LogP contribution in [0.1, 0.15) is 32.1 Å². The number of halogens is 2. The number of nitrogens with zero attached hydrogens (tertiary/aromatic N) is 2. The van der Waals surface area contributed by atoms with Crippen molar-refractivity contribution in [3.8, 4) is 0 Å². The zero-order valence-electron chi connectivity index (χ0n) is 14.2. The van der Waals surface area contributed by atoms with E-state index in [2.05, 4.69) is 15.9 Å². The van der Waals surface area contributed by atoms with Gasteiger partial charge in [-0.25, -0.2) is 0 Å². The third-order valence-corrected chi connectivity index (χ3v) is 7.00. The summed E-state index contributed by atoms with van der Waals surface area (Å²) in [6.07, 6.45) is 6.48. The highest BCUT2D eigenvalue weighted by atomic mass is 35.5. The predicted molar refractivity (Wildman–Crippen MR) is 102 cm³/mol. The van der Waals surface area contributed by atoms with Crippen molar-refractivity contribution in [3.63, 3.8) is 0 Å². The van der Waals surface area contributed by atoms with E-state index in [0.29, 0.717) is 21.5 Å². The van der Waals surface area contributed by atoms with E-state index in [9.17, 15) is 0 Å². The molecular weight excluding hydrogens is 341 g/mol. The van der Waals surface area contributed by atoms with Gasteiger partial charge in [-0.05, 0) is 56.7 Å². The van der Waals surface area contributed by atoms with Gasteiger partial charge in [0, 0.05) is 37.6 Å². The summed E-state index contributed by atoms with van der Waals surface area (Å²) < 4.78 is 0. The fraction of sp³-hybridized carbons (Fsp3) is 0.684. The van der Waals surface area contributed by atoms with Crippen molar-refractivity contribution in [2.24, 2.45) is 17.1 Å². The Morgan fingerprint density at radius 2 is 1.75 bits per heavy atom. The van der Waals surface area contributed by atoms with Crippen molar-refractivity contribution < 1.29 is 0 Å². The van der Waals surface area contributed by atoms with Crippen LogP contribution in [-0.4, -0.2) is 43.7 Å². The van der Waals surface area contributed by atoms with Gasteiger partial charge in [0.05, 0.1) is 15.7 Å². The standard InChI is InChI=1S/C19H27Cl2N3/c20-16-2-1-3-17(18(16)21)24-12-19(13-24)10-23(11-19)9-8-14-4-6-15(22)7-5-14/h1-3,14-15H,4-13,22H2. The van der Waals surface area contributed by atoms with Crippen LogP contribution in [0.3, 0.4) is 0 Å². The lowest BCUT2D eigenvalue weighted by Gasteiger charge is -2.61. The molecule has 0 bridgehead atoms. The number of nitrogens with two attached hydrogens (primary N) is 1. The molecule has 1 saturated carbocycles. The molecule has 2 N–H and O–H groups in total. The van der Waals surface area contributed by atoms with Crippen molar-refractivity contribution in [1.29, 1.82) is 0 Å². The molecule has 3 nitrogen and oxygen atoms in total. The van der Waals surface area contributed by atoms with E-state index in [4.69, 9.17) is 28.9 Å². The van der Waals surface area contributed by atoms with Crippen LogP contribution in [0.15, 0.2) is 18.2 Å². The average molecular weight is 368 g/mol. The van der Waals surface area contributed by atoms with Crippen LogP contribution in [0.4, 0.5) is 5.69 Å². The normalized spacial score (nSPS) is 29.4. The first-order valence-electron chi connectivity index (χ1n) is 9.22. The molecule has 2 heterocycles. The Labute approximate surface area is 155 Å². The summed E-state index contributed by atoms with van der Waals surface area (Å²) in [7, 11) is 0. The lowest BCUT2D eigenvalue weighted by atomic mass is 9.72. The van der Waals surface area contributed by atoms with Gasteiger partial charge in [-0.2, -0.15) is 0 Å². The summed E-state index contributed by atoms with van der Waals surface area (Å²) in [5.41, 5.74) is 7.59. The van der Waals surface area contributed by atoms with E-state index >= 15 is 0 Å². The van der Waals surface area contributed by atoms with Gasteiger partial charge < -0.3 is 15.5 Å². The van der Waals surface area contributed by atoms with Crippen LogP contribution >= 0.6 is 23.2 Å². The fourth-order valence-corrected chi connectivity index (χ4v) is 5.19. The number of hydrogen-bond donors (Lipinski definition) is 1. The molecule has 3 fully saturated rings. The molecule has 1 spiro atoms. The predicted octanol–water partition coefficient (Wildman–Crippen LogP) is 4.02. The molecule has 0 radical (unpaired) electrons. The van der Waals surface area contributed by atoms with E-state index in [1.165, 1.54) is 51.7 Å². The molecule has 1 aromatic rings. The molecular formula is C19H27Cl2N3. The van der Waals surface area contributed by atoms with Crippen molar-refractivity contribution in [3.05, 3.63) is 28.2 Å². The smallest absolute Gasteiger partial charge is 0.0825 e. The topological polar surface area (TPSA) is 32.5 Å². The Hall–Kier alpha value is -0.480. The lowest BCUT2D eigenvalue weighted by Crippen LogP contribution is -2.72. The summed E-state index contributed by atoms with van der Waals surface area (Å²) in [6.45, 7) is 5.98. The van der Waals surface area contributed by atoms with Crippen molar-refractivity contribution >= 4 is 28.9 Å². The minimum Gasteiger partial charge on any atom is -0.369 e. The highest BCUT2D eigenvalue weighted by molar-refractivity contribution is 6.43. The Balaban J connectivity index is 1.21. The Morgan fingerprint density at radius 3 is 2.46 bits per heavy atom. The van der Waals surface area contributed by atoms with Crippen molar-refractivity contribution in [2.75, 3.05) is 37.6 Å². The minimum atomic E-state index is 0.466. The third kappa shape index (κ3) is 3.29. The molecule has 2 aliphatic heterocycles. The van der Waals surface area contributed by atoms with Crippen LogP contribution in [-0.2, 0) is 0 Å². The van der Waals surface area contributed by atoms with Gasteiger partial charge in [0.2, 0.25) is 0 Å². The van der Waals surface area contributed by atoms with Gasteiger partial charge in [0.25, 0.3) is 0 Å². The van der Waals surface area contributed by atoms with Crippen molar-refractivity contribution in [2.45, 2.75) is 38.1 Å². The second-order valence-electron chi connectivity index (χ2n) is 8.21. The van der Waals surface area contributed by atoms with Gasteiger partial charge in [-0.15, -0.1) is 0 Å². The van der Waals surface area contributed by atoms with Crippen LogP contribution in [0.2, 0.25) is 10.0 Å². The number of likely N-dealkylation sites (tertiary alicyclic amines) is 1. The van der Waals surface area contributed by atoms with Gasteiger partial charge in [0.15, 0.2) is 0 Å². The largest absolute Gasteiger partial charge is 0.369 e. The molecule has 2 saturated heterocycles. The average Bonchev–Trinajstić information content (AvgIpc) is 2.49. The molecule has 0 amide bonds. The number of rotatable bonds is 4. The highest BCUT2D eigenvalue weighted by Gasteiger charge is 2.51. The Bertz CT molecular complexity index is 584. The van der Waals surface area contributed by atoms with Gasteiger partial charge in [-0.3, -0.25) is 0 Å². The van der Waals surface area contributed by atoms with E-state index in [1.54, 1.807) is 0 Å². The number of benzene rings is 1. The molecule has 3 aliphatic rings. The van der Waals surface area contributed by atoms with Gasteiger partial charge in [0.1, 0.15) is 0 Å².